The van der Waals surface area contributed by atoms with Gasteiger partial charge in [-0.1, -0.05) is 0 Å². The molecule has 0 bridgehead atoms. The van der Waals surface area contributed by atoms with Crippen LogP contribution in [-0.4, -0.2) is 40.4 Å². The third kappa shape index (κ3) is 7.30. The summed E-state index contributed by atoms with van der Waals surface area (Å²) in [5.74, 6) is 1.81. The molecule has 0 saturated carbocycles. The van der Waals surface area contributed by atoms with Gasteiger partial charge in [-0.05, 0) is 61.0 Å². The maximum absolute atomic E-state index is 4.61. The van der Waals surface area contributed by atoms with Gasteiger partial charge in [0.25, 0.3) is 0 Å². The van der Waals surface area contributed by atoms with Gasteiger partial charge in [0.05, 0.1) is 0 Å². The Hall–Kier alpha value is -3.43. The van der Waals surface area contributed by atoms with E-state index in [9.17, 15) is 0 Å². The fourth-order valence-electron chi connectivity index (χ4n) is 2.69. The van der Waals surface area contributed by atoms with Crippen LogP contribution >= 0.6 is 0 Å². The maximum Gasteiger partial charge on any atom is 1.00 e. The summed E-state index contributed by atoms with van der Waals surface area (Å²) in [5.41, 5.74) is 3.92. The Morgan fingerprint density at radius 2 is 0.667 bits per heavy atom. The van der Waals surface area contributed by atoms with Gasteiger partial charge in [0, 0.05) is 66.3 Å². The SMILES string of the molecule is Cc1ccncc1.[Na+].[OH-].c1cc(-c2nc(-c3ccncc3)nc(-c3ccncc3)n2)ccn1. The molecule has 8 nitrogen and oxygen atoms in total. The Kier molecular flexibility index (Phi) is 10.3. The van der Waals surface area contributed by atoms with Gasteiger partial charge in [-0.25, -0.2) is 15.0 Å². The quantitative estimate of drug-likeness (QED) is 0.381. The summed E-state index contributed by atoms with van der Waals surface area (Å²) in [5, 5.41) is 0. The molecule has 0 aliphatic heterocycles. The molecule has 0 saturated heterocycles. The average molecular weight is 445 g/mol. The van der Waals surface area contributed by atoms with Crippen LogP contribution in [0, 0.1) is 6.92 Å². The van der Waals surface area contributed by atoms with Crippen molar-refractivity contribution in [3.63, 3.8) is 0 Å². The van der Waals surface area contributed by atoms with Crippen molar-refractivity contribution in [2.24, 2.45) is 0 Å². The fraction of sp³-hybridized carbons (Fsp3) is 0.0417. The van der Waals surface area contributed by atoms with E-state index < -0.39 is 0 Å². The minimum absolute atomic E-state index is 0. The third-order valence-electron chi connectivity index (χ3n) is 4.30. The van der Waals surface area contributed by atoms with Gasteiger partial charge in [-0.2, -0.15) is 0 Å². The Balaban J connectivity index is 0.000000371. The monoisotopic (exact) mass is 445 g/mol. The van der Waals surface area contributed by atoms with E-state index in [4.69, 9.17) is 0 Å². The van der Waals surface area contributed by atoms with Crippen LogP contribution in [0.2, 0.25) is 0 Å². The Bertz CT molecular complexity index is 1090. The molecular weight excluding hydrogens is 425 g/mol. The molecule has 5 heterocycles. The fourth-order valence-corrected chi connectivity index (χ4v) is 2.69. The molecule has 9 heteroatoms. The van der Waals surface area contributed by atoms with Crippen LogP contribution in [0.25, 0.3) is 34.2 Å². The zero-order chi connectivity index (χ0) is 21.3. The van der Waals surface area contributed by atoms with Crippen molar-refractivity contribution in [3.8, 4) is 34.2 Å². The molecule has 5 rings (SSSR count). The first-order valence-electron chi connectivity index (χ1n) is 9.63. The summed E-state index contributed by atoms with van der Waals surface area (Å²) in [4.78, 5) is 29.8. The van der Waals surface area contributed by atoms with Crippen molar-refractivity contribution < 1.29 is 35.0 Å². The van der Waals surface area contributed by atoms with Crippen LogP contribution < -0.4 is 29.6 Å². The number of rotatable bonds is 3. The predicted molar refractivity (Wildman–Crippen MR) is 120 cm³/mol. The molecule has 0 aromatic carbocycles. The second-order valence-electron chi connectivity index (χ2n) is 6.54. The number of pyridine rings is 4. The van der Waals surface area contributed by atoms with E-state index in [2.05, 4.69) is 34.9 Å². The summed E-state index contributed by atoms with van der Waals surface area (Å²) < 4.78 is 0. The van der Waals surface area contributed by atoms with E-state index in [-0.39, 0.29) is 35.0 Å². The van der Waals surface area contributed by atoms with E-state index >= 15 is 0 Å². The first-order valence-corrected chi connectivity index (χ1v) is 9.63. The molecule has 0 aliphatic carbocycles. The van der Waals surface area contributed by atoms with Gasteiger partial charge in [-0.15, -0.1) is 0 Å². The summed E-state index contributed by atoms with van der Waals surface area (Å²) >= 11 is 0. The van der Waals surface area contributed by atoms with E-state index in [0.717, 1.165) is 16.7 Å². The molecule has 0 aliphatic rings. The van der Waals surface area contributed by atoms with Gasteiger partial charge in [0.2, 0.25) is 0 Å². The summed E-state index contributed by atoms with van der Waals surface area (Å²) in [6, 6.07) is 15.2. The van der Waals surface area contributed by atoms with Crippen LogP contribution in [0.4, 0.5) is 0 Å². The van der Waals surface area contributed by atoms with E-state index in [0.29, 0.717) is 17.5 Å². The molecule has 0 spiro atoms. The van der Waals surface area contributed by atoms with Crippen LogP contribution in [0.3, 0.4) is 0 Å². The molecule has 1 N–H and O–H groups in total. The summed E-state index contributed by atoms with van der Waals surface area (Å²) in [6.45, 7) is 2.04. The summed E-state index contributed by atoms with van der Waals surface area (Å²) in [7, 11) is 0. The van der Waals surface area contributed by atoms with Crippen molar-refractivity contribution in [2.45, 2.75) is 6.92 Å². The number of nitrogens with zero attached hydrogens (tertiary/aromatic N) is 7. The standard InChI is InChI=1S/C18H12N6.C6H7N.Na.H2O/c1-7-19-8-2-13(1)16-22-17(14-3-9-20-10-4-14)24-18(23-16)15-5-11-21-12-6-15;1-6-2-4-7-5-3-6;;/h1-12H;2-5H,1H3;;1H2/q;;+1;/p-1. The van der Waals surface area contributed by atoms with Crippen LogP contribution in [-0.2, 0) is 0 Å². The molecule has 33 heavy (non-hydrogen) atoms. The van der Waals surface area contributed by atoms with Crippen LogP contribution in [0.15, 0.2) is 98.1 Å². The van der Waals surface area contributed by atoms with Crippen molar-refractivity contribution in [2.75, 3.05) is 0 Å². The number of aryl methyl sites for hydroxylation is 1. The molecule has 158 valence electrons. The maximum atomic E-state index is 4.61. The normalized spacial score (nSPS) is 9.48. The second kappa shape index (κ2) is 13.2. The smallest absolute Gasteiger partial charge is 0.870 e. The first kappa shape index (κ1) is 25.8. The van der Waals surface area contributed by atoms with Gasteiger partial charge in [0.15, 0.2) is 17.5 Å². The molecule has 5 aromatic rings. The molecular formula is C24H20N7NaO. The Labute approximate surface area is 213 Å². The third-order valence-corrected chi connectivity index (χ3v) is 4.30. The number of hydrogen-bond donors (Lipinski definition) is 0. The van der Waals surface area contributed by atoms with Gasteiger partial charge in [0.1, 0.15) is 0 Å². The Morgan fingerprint density at radius 3 is 0.879 bits per heavy atom. The van der Waals surface area contributed by atoms with Crippen molar-refractivity contribution in [3.05, 3.63) is 104 Å². The first-order chi connectivity index (χ1) is 15.3. The van der Waals surface area contributed by atoms with E-state index in [1.165, 1.54) is 5.56 Å². The second-order valence-corrected chi connectivity index (χ2v) is 6.54. The molecule has 0 fully saturated rings. The minimum Gasteiger partial charge on any atom is -0.870 e. The van der Waals surface area contributed by atoms with Gasteiger partial charge in [-0.3, -0.25) is 19.9 Å². The van der Waals surface area contributed by atoms with Gasteiger partial charge < -0.3 is 5.48 Å². The largest absolute Gasteiger partial charge is 1.00 e. The minimum atomic E-state index is 0. The molecule has 5 aromatic heterocycles. The zero-order valence-electron chi connectivity index (χ0n) is 18.3. The molecule has 0 amide bonds. The topological polar surface area (TPSA) is 120 Å². The van der Waals surface area contributed by atoms with E-state index in [1.807, 2.05) is 55.5 Å². The average Bonchev–Trinajstić information content (AvgIpc) is 2.86. The van der Waals surface area contributed by atoms with Gasteiger partial charge >= 0.3 is 29.6 Å². The van der Waals surface area contributed by atoms with Crippen molar-refractivity contribution in [1.82, 2.24) is 34.9 Å². The Morgan fingerprint density at radius 1 is 0.424 bits per heavy atom. The van der Waals surface area contributed by atoms with Crippen LogP contribution in [0.1, 0.15) is 5.56 Å². The molecule has 0 unspecified atom stereocenters. The van der Waals surface area contributed by atoms with Crippen molar-refractivity contribution >= 4 is 0 Å². The summed E-state index contributed by atoms with van der Waals surface area (Å²) in [6.07, 6.45) is 13.9. The molecule has 0 radical (unpaired) electrons. The van der Waals surface area contributed by atoms with Crippen LogP contribution in [0.5, 0.6) is 0 Å². The number of hydrogen-bond acceptors (Lipinski definition) is 8. The predicted octanol–water partition coefficient (Wildman–Crippen LogP) is 1.27. The van der Waals surface area contributed by atoms with Crippen molar-refractivity contribution in [1.29, 1.82) is 0 Å². The van der Waals surface area contributed by atoms with E-state index in [1.54, 1.807) is 49.6 Å². The molecule has 0 atom stereocenters. The number of aromatic nitrogens is 7. The zero-order valence-corrected chi connectivity index (χ0v) is 20.3.